The van der Waals surface area contributed by atoms with Crippen molar-refractivity contribution in [1.82, 2.24) is 4.90 Å². The summed E-state index contributed by atoms with van der Waals surface area (Å²) in [4.78, 5) is 28.5. The van der Waals surface area contributed by atoms with Crippen LogP contribution in [0.3, 0.4) is 0 Å². The highest BCUT2D eigenvalue weighted by Gasteiger charge is 2.24. The van der Waals surface area contributed by atoms with E-state index in [-0.39, 0.29) is 17.7 Å². The van der Waals surface area contributed by atoms with Gasteiger partial charge in [-0.05, 0) is 54.5 Å². The molecule has 1 aromatic heterocycles. The monoisotopic (exact) mass is 356 g/mol. The number of anilines is 1. The zero-order chi connectivity index (χ0) is 18.0. The topological polar surface area (TPSA) is 49.4 Å². The van der Waals surface area contributed by atoms with E-state index in [1.165, 1.54) is 10.4 Å². The number of rotatable bonds is 4. The molecule has 0 spiro atoms. The average molecular weight is 356 g/mol. The number of nitrogens with zero attached hydrogens (tertiary/aromatic N) is 1. The molecule has 0 saturated heterocycles. The van der Waals surface area contributed by atoms with Gasteiger partial charge in [-0.25, -0.2) is 0 Å². The van der Waals surface area contributed by atoms with Crippen molar-refractivity contribution in [3.8, 4) is 0 Å². The summed E-state index contributed by atoms with van der Waals surface area (Å²) >= 11 is 1.77. The molecule has 5 heteroatoms. The Morgan fingerprint density at radius 2 is 2.12 bits per heavy atom. The van der Waals surface area contributed by atoms with E-state index in [0.717, 1.165) is 30.6 Å². The van der Waals surface area contributed by atoms with Crippen LogP contribution in [0.4, 0.5) is 5.69 Å². The zero-order valence-electron chi connectivity index (χ0n) is 15.0. The van der Waals surface area contributed by atoms with Crippen LogP contribution in [-0.4, -0.2) is 23.3 Å². The summed E-state index contributed by atoms with van der Waals surface area (Å²) in [5.74, 6) is -0.0112. The number of fused-ring (bicyclic) bond motifs is 1. The van der Waals surface area contributed by atoms with Gasteiger partial charge in [0.05, 0.1) is 0 Å². The first-order valence-electron chi connectivity index (χ1n) is 8.76. The van der Waals surface area contributed by atoms with Gasteiger partial charge in [0.15, 0.2) is 0 Å². The van der Waals surface area contributed by atoms with E-state index >= 15 is 0 Å². The molecule has 0 aliphatic carbocycles. The number of carbonyl (C=O) groups is 2. The maximum atomic E-state index is 13.0. The molecule has 2 aromatic rings. The van der Waals surface area contributed by atoms with Gasteiger partial charge >= 0.3 is 0 Å². The zero-order valence-corrected chi connectivity index (χ0v) is 15.8. The van der Waals surface area contributed by atoms with Crippen LogP contribution < -0.4 is 5.32 Å². The molecule has 0 saturated carbocycles. The lowest BCUT2D eigenvalue weighted by atomic mass is 10.0. The molecule has 2 amide bonds. The smallest absolute Gasteiger partial charge is 0.254 e. The van der Waals surface area contributed by atoms with Gasteiger partial charge in [-0.1, -0.05) is 19.9 Å². The Bertz CT molecular complexity index is 797. The molecule has 2 heterocycles. The van der Waals surface area contributed by atoms with E-state index in [1.807, 2.05) is 43.9 Å². The molecule has 132 valence electrons. The number of thiophene rings is 1. The molecule has 1 N–H and O–H groups in total. The highest BCUT2D eigenvalue weighted by atomic mass is 32.1. The van der Waals surface area contributed by atoms with E-state index in [0.29, 0.717) is 12.1 Å². The van der Waals surface area contributed by atoms with Crippen LogP contribution >= 0.6 is 11.3 Å². The van der Waals surface area contributed by atoms with Gasteiger partial charge in [0, 0.05) is 35.1 Å². The Morgan fingerprint density at radius 3 is 2.88 bits per heavy atom. The Hall–Kier alpha value is -2.14. The van der Waals surface area contributed by atoms with Crippen LogP contribution in [0.25, 0.3) is 0 Å². The second kappa shape index (κ2) is 7.40. The summed E-state index contributed by atoms with van der Waals surface area (Å²) < 4.78 is 0. The molecule has 25 heavy (non-hydrogen) atoms. The number of carbonyl (C=O) groups excluding carboxylic acids is 2. The Labute approximate surface area is 152 Å². The predicted octanol–water partition coefficient (Wildman–Crippen LogP) is 4.24. The van der Waals surface area contributed by atoms with Gasteiger partial charge in [0.25, 0.3) is 5.91 Å². The minimum Gasteiger partial charge on any atom is -0.334 e. The molecule has 1 aromatic carbocycles. The Morgan fingerprint density at radius 1 is 1.32 bits per heavy atom. The van der Waals surface area contributed by atoms with Crippen LogP contribution in [0.15, 0.2) is 29.6 Å². The van der Waals surface area contributed by atoms with Gasteiger partial charge < -0.3 is 10.2 Å². The standard InChI is InChI=1S/C20H24N2O2S/c1-4-13(2)19(23)21-17-7-5-6-16(14(17)3)20(24)22-10-8-18-15(12-22)9-11-25-18/h5-7,9,11,13H,4,8,10,12H2,1-3H3,(H,21,23)/t13-/m0/s1. The fraction of sp³-hybridized carbons (Fsp3) is 0.400. The van der Waals surface area contributed by atoms with Crippen molar-refractivity contribution in [2.24, 2.45) is 5.92 Å². The summed E-state index contributed by atoms with van der Waals surface area (Å²) in [5, 5.41) is 5.05. The van der Waals surface area contributed by atoms with Gasteiger partial charge in [-0.2, -0.15) is 0 Å². The Kier molecular flexibility index (Phi) is 5.23. The first-order valence-corrected chi connectivity index (χ1v) is 9.64. The number of nitrogens with one attached hydrogen (secondary N) is 1. The van der Waals surface area contributed by atoms with E-state index in [2.05, 4.69) is 16.8 Å². The van der Waals surface area contributed by atoms with E-state index in [1.54, 1.807) is 11.3 Å². The molecule has 1 atom stereocenters. The van der Waals surface area contributed by atoms with Crippen LogP contribution in [0.2, 0.25) is 0 Å². The number of hydrogen-bond donors (Lipinski definition) is 1. The van der Waals surface area contributed by atoms with Crippen LogP contribution in [0.1, 0.15) is 46.6 Å². The van der Waals surface area contributed by atoms with Crippen molar-refractivity contribution in [3.05, 3.63) is 51.2 Å². The van der Waals surface area contributed by atoms with Crippen molar-refractivity contribution < 1.29 is 9.59 Å². The molecule has 3 rings (SSSR count). The summed E-state index contributed by atoms with van der Waals surface area (Å²) in [5.41, 5.74) is 3.48. The van der Waals surface area contributed by atoms with Crippen molar-refractivity contribution in [3.63, 3.8) is 0 Å². The number of benzene rings is 1. The first kappa shape index (κ1) is 17.7. The number of amides is 2. The third kappa shape index (κ3) is 3.61. The lowest BCUT2D eigenvalue weighted by Crippen LogP contribution is -2.35. The molecular formula is C20H24N2O2S. The lowest BCUT2D eigenvalue weighted by Gasteiger charge is -2.28. The number of hydrogen-bond acceptors (Lipinski definition) is 3. The molecule has 1 aliphatic heterocycles. The van der Waals surface area contributed by atoms with Crippen LogP contribution in [0.5, 0.6) is 0 Å². The quantitative estimate of drug-likeness (QED) is 0.891. The van der Waals surface area contributed by atoms with E-state index in [9.17, 15) is 9.59 Å². The highest BCUT2D eigenvalue weighted by Crippen LogP contribution is 2.27. The maximum absolute atomic E-state index is 13.0. The van der Waals surface area contributed by atoms with Gasteiger partial charge in [-0.3, -0.25) is 9.59 Å². The fourth-order valence-corrected chi connectivity index (χ4v) is 3.93. The van der Waals surface area contributed by atoms with Crippen molar-refractivity contribution in [1.29, 1.82) is 0 Å². The molecule has 0 fully saturated rings. The average Bonchev–Trinajstić information content (AvgIpc) is 3.09. The lowest BCUT2D eigenvalue weighted by molar-refractivity contribution is -0.119. The SMILES string of the molecule is CC[C@H](C)C(=O)Nc1cccc(C(=O)N2CCc3sccc3C2)c1C. The molecular weight excluding hydrogens is 332 g/mol. The van der Waals surface area contributed by atoms with Crippen molar-refractivity contribution >= 4 is 28.8 Å². The summed E-state index contributed by atoms with van der Waals surface area (Å²) in [7, 11) is 0. The van der Waals surface area contributed by atoms with Gasteiger partial charge in [-0.15, -0.1) is 11.3 Å². The third-order valence-electron chi connectivity index (χ3n) is 4.98. The predicted molar refractivity (Wildman–Crippen MR) is 102 cm³/mol. The first-order chi connectivity index (χ1) is 12.0. The normalized spacial score (nSPS) is 14.8. The molecule has 0 unspecified atom stereocenters. The largest absolute Gasteiger partial charge is 0.334 e. The van der Waals surface area contributed by atoms with E-state index < -0.39 is 0 Å². The van der Waals surface area contributed by atoms with Crippen molar-refractivity contribution in [2.75, 3.05) is 11.9 Å². The molecule has 4 nitrogen and oxygen atoms in total. The molecule has 1 aliphatic rings. The molecule has 0 radical (unpaired) electrons. The second-order valence-corrected chi connectivity index (χ2v) is 7.62. The highest BCUT2D eigenvalue weighted by molar-refractivity contribution is 7.10. The maximum Gasteiger partial charge on any atom is 0.254 e. The summed E-state index contributed by atoms with van der Waals surface area (Å²) in [6, 6.07) is 7.65. The second-order valence-electron chi connectivity index (χ2n) is 6.62. The van der Waals surface area contributed by atoms with Crippen molar-refractivity contribution in [2.45, 2.75) is 40.2 Å². The Balaban J connectivity index is 1.80. The minimum atomic E-state index is -0.0436. The van der Waals surface area contributed by atoms with E-state index in [4.69, 9.17) is 0 Å². The van der Waals surface area contributed by atoms with Crippen LogP contribution in [0, 0.1) is 12.8 Å². The van der Waals surface area contributed by atoms with Gasteiger partial charge in [0.2, 0.25) is 5.91 Å². The molecule has 0 bridgehead atoms. The third-order valence-corrected chi connectivity index (χ3v) is 6.00. The summed E-state index contributed by atoms with van der Waals surface area (Å²) in [6.07, 6.45) is 1.71. The summed E-state index contributed by atoms with van der Waals surface area (Å²) in [6.45, 7) is 7.22. The minimum absolute atomic E-state index is 0.00362. The fourth-order valence-electron chi connectivity index (χ4n) is 3.04. The van der Waals surface area contributed by atoms with Gasteiger partial charge in [0.1, 0.15) is 0 Å². The van der Waals surface area contributed by atoms with Crippen LogP contribution in [-0.2, 0) is 17.8 Å².